The van der Waals surface area contributed by atoms with Crippen LogP contribution in [-0.4, -0.2) is 5.91 Å². The first-order valence-electron chi connectivity index (χ1n) is 9.63. The van der Waals surface area contributed by atoms with Crippen molar-refractivity contribution in [1.82, 2.24) is 5.32 Å². The van der Waals surface area contributed by atoms with E-state index in [0.29, 0.717) is 6.54 Å². The van der Waals surface area contributed by atoms with Crippen LogP contribution in [0.15, 0.2) is 84.9 Å². The van der Waals surface area contributed by atoms with Crippen LogP contribution < -0.4 is 5.32 Å². The molecule has 1 N–H and O–H groups in total. The summed E-state index contributed by atoms with van der Waals surface area (Å²) in [6.45, 7) is 7.09. The van der Waals surface area contributed by atoms with E-state index in [-0.39, 0.29) is 11.3 Å². The molecule has 0 saturated heterocycles. The Morgan fingerprint density at radius 3 is 2.04 bits per heavy atom. The van der Waals surface area contributed by atoms with Crippen LogP contribution in [0.3, 0.4) is 0 Å². The summed E-state index contributed by atoms with van der Waals surface area (Å²) in [7, 11) is 0. The lowest BCUT2D eigenvalue weighted by molar-refractivity contribution is -0.116. The van der Waals surface area contributed by atoms with Gasteiger partial charge in [0.2, 0.25) is 5.91 Å². The van der Waals surface area contributed by atoms with Crippen molar-refractivity contribution in [2.75, 3.05) is 0 Å². The van der Waals surface area contributed by atoms with Crippen LogP contribution in [0.1, 0.15) is 37.5 Å². The summed E-state index contributed by atoms with van der Waals surface area (Å²) < 4.78 is 0. The molecule has 2 nitrogen and oxygen atoms in total. The second-order valence-electron chi connectivity index (χ2n) is 7.99. The summed E-state index contributed by atoms with van der Waals surface area (Å²) in [5.41, 5.74) is 5.89. The van der Waals surface area contributed by atoms with Gasteiger partial charge in [0, 0.05) is 12.6 Å². The third-order valence-corrected chi connectivity index (χ3v) is 4.73. The lowest BCUT2D eigenvalue weighted by Gasteiger charge is -2.18. The molecule has 0 heterocycles. The lowest BCUT2D eigenvalue weighted by Crippen LogP contribution is -2.20. The topological polar surface area (TPSA) is 29.1 Å². The Balaban J connectivity index is 1.53. The second kappa shape index (κ2) is 8.71. The summed E-state index contributed by atoms with van der Waals surface area (Å²) in [4.78, 5) is 12.1. The number of hydrogen-bond donors (Lipinski definition) is 1. The van der Waals surface area contributed by atoms with Crippen molar-refractivity contribution in [2.45, 2.75) is 32.7 Å². The van der Waals surface area contributed by atoms with Crippen molar-refractivity contribution in [1.29, 1.82) is 0 Å². The third-order valence-electron chi connectivity index (χ3n) is 4.73. The van der Waals surface area contributed by atoms with Gasteiger partial charge in [0.05, 0.1) is 0 Å². The van der Waals surface area contributed by atoms with Crippen molar-refractivity contribution in [2.24, 2.45) is 0 Å². The highest BCUT2D eigenvalue weighted by Crippen LogP contribution is 2.22. The summed E-state index contributed by atoms with van der Waals surface area (Å²) >= 11 is 0. The fraction of sp³-hybridized carbons (Fsp3) is 0.192. The molecule has 0 radical (unpaired) electrons. The standard InChI is InChI=1S/C26H27NO/c1-26(2,3)24-16-11-20(12-17-24)13-18-25(28)27-19-21-9-14-23(15-10-21)22-7-5-4-6-8-22/h4-18H,19H2,1-3H3,(H,27,28)/b18-13+. The average molecular weight is 370 g/mol. The van der Waals surface area contributed by atoms with Gasteiger partial charge in [0.25, 0.3) is 0 Å². The first-order valence-corrected chi connectivity index (χ1v) is 9.63. The first kappa shape index (κ1) is 19.6. The van der Waals surface area contributed by atoms with E-state index >= 15 is 0 Å². The number of carbonyl (C=O) groups excluding carboxylic acids is 1. The highest BCUT2D eigenvalue weighted by atomic mass is 16.1. The molecular formula is C26H27NO. The predicted molar refractivity (Wildman–Crippen MR) is 118 cm³/mol. The number of rotatable bonds is 5. The SMILES string of the molecule is CC(C)(C)c1ccc(/C=C/C(=O)NCc2ccc(-c3ccccc3)cc2)cc1. The van der Waals surface area contributed by atoms with E-state index in [2.05, 4.69) is 74.6 Å². The Morgan fingerprint density at radius 1 is 0.821 bits per heavy atom. The molecule has 0 spiro atoms. The zero-order valence-electron chi connectivity index (χ0n) is 16.8. The van der Waals surface area contributed by atoms with Crippen LogP contribution in [0.5, 0.6) is 0 Å². The molecule has 1 amide bonds. The Bertz CT molecular complexity index is 930. The Labute approximate surface area is 167 Å². The van der Waals surface area contributed by atoms with Crippen molar-refractivity contribution < 1.29 is 4.79 Å². The Morgan fingerprint density at radius 2 is 1.43 bits per heavy atom. The van der Waals surface area contributed by atoms with Gasteiger partial charge < -0.3 is 5.32 Å². The molecule has 0 aliphatic rings. The minimum Gasteiger partial charge on any atom is -0.348 e. The maximum atomic E-state index is 12.1. The van der Waals surface area contributed by atoms with E-state index in [4.69, 9.17) is 0 Å². The van der Waals surface area contributed by atoms with Crippen LogP contribution in [0.4, 0.5) is 0 Å². The van der Waals surface area contributed by atoms with Crippen LogP contribution in [0.2, 0.25) is 0 Å². The fourth-order valence-corrected chi connectivity index (χ4v) is 2.96. The molecule has 3 rings (SSSR count). The molecule has 0 saturated carbocycles. The first-order chi connectivity index (χ1) is 13.4. The van der Waals surface area contributed by atoms with Gasteiger partial charge in [-0.25, -0.2) is 0 Å². The van der Waals surface area contributed by atoms with Crippen molar-refractivity contribution in [3.63, 3.8) is 0 Å². The van der Waals surface area contributed by atoms with E-state index in [1.165, 1.54) is 16.7 Å². The maximum Gasteiger partial charge on any atom is 0.244 e. The van der Waals surface area contributed by atoms with Crippen molar-refractivity contribution in [3.05, 3.63) is 102 Å². The summed E-state index contributed by atoms with van der Waals surface area (Å²) in [6.07, 6.45) is 3.44. The molecule has 0 aliphatic carbocycles. The normalized spacial score (nSPS) is 11.5. The van der Waals surface area contributed by atoms with Crippen LogP contribution in [0.25, 0.3) is 17.2 Å². The van der Waals surface area contributed by atoms with Gasteiger partial charge in [-0.1, -0.05) is 99.6 Å². The van der Waals surface area contributed by atoms with Gasteiger partial charge in [0.1, 0.15) is 0 Å². The molecular weight excluding hydrogens is 342 g/mol. The monoisotopic (exact) mass is 369 g/mol. The number of benzene rings is 3. The van der Waals surface area contributed by atoms with Crippen molar-refractivity contribution in [3.8, 4) is 11.1 Å². The number of carbonyl (C=O) groups is 1. The van der Waals surface area contributed by atoms with Gasteiger partial charge in [-0.05, 0) is 39.3 Å². The van der Waals surface area contributed by atoms with E-state index in [1.807, 2.05) is 36.4 Å². The van der Waals surface area contributed by atoms with Gasteiger partial charge in [-0.15, -0.1) is 0 Å². The average Bonchev–Trinajstić information content (AvgIpc) is 2.71. The van der Waals surface area contributed by atoms with E-state index < -0.39 is 0 Å². The van der Waals surface area contributed by atoms with Crippen molar-refractivity contribution >= 4 is 12.0 Å². The molecule has 0 aliphatic heterocycles. The minimum atomic E-state index is -0.0907. The van der Waals surface area contributed by atoms with Crippen LogP contribution >= 0.6 is 0 Å². The van der Waals surface area contributed by atoms with E-state index in [0.717, 1.165) is 11.1 Å². The Kier molecular flexibility index (Phi) is 6.10. The summed E-state index contributed by atoms with van der Waals surface area (Å²) in [6, 6.07) is 26.9. The quantitative estimate of drug-likeness (QED) is 0.551. The van der Waals surface area contributed by atoms with Crippen LogP contribution in [0, 0.1) is 0 Å². The number of nitrogens with one attached hydrogen (secondary N) is 1. The number of hydrogen-bond acceptors (Lipinski definition) is 1. The zero-order valence-corrected chi connectivity index (χ0v) is 16.8. The Hall–Kier alpha value is -3.13. The second-order valence-corrected chi connectivity index (χ2v) is 7.99. The summed E-state index contributed by atoms with van der Waals surface area (Å²) in [5, 5.41) is 2.94. The van der Waals surface area contributed by atoms with Gasteiger partial charge in [-0.3, -0.25) is 4.79 Å². The minimum absolute atomic E-state index is 0.0907. The maximum absolute atomic E-state index is 12.1. The molecule has 28 heavy (non-hydrogen) atoms. The summed E-state index contributed by atoms with van der Waals surface area (Å²) in [5.74, 6) is -0.0907. The molecule has 0 atom stereocenters. The fourth-order valence-electron chi connectivity index (χ4n) is 2.96. The smallest absolute Gasteiger partial charge is 0.244 e. The van der Waals surface area contributed by atoms with E-state index in [9.17, 15) is 4.79 Å². The molecule has 0 bridgehead atoms. The molecule has 3 aromatic rings. The highest BCUT2D eigenvalue weighted by Gasteiger charge is 2.12. The lowest BCUT2D eigenvalue weighted by atomic mass is 9.87. The van der Waals surface area contributed by atoms with Crippen LogP contribution in [-0.2, 0) is 16.8 Å². The molecule has 142 valence electrons. The molecule has 0 aromatic heterocycles. The highest BCUT2D eigenvalue weighted by molar-refractivity contribution is 5.91. The zero-order chi connectivity index (χ0) is 20.0. The van der Waals surface area contributed by atoms with E-state index in [1.54, 1.807) is 6.08 Å². The van der Waals surface area contributed by atoms with Gasteiger partial charge in [-0.2, -0.15) is 0 Å². The molecule has 3 aromatic carbocycles. The third kappa shape index (κ3) is 5.43. The molecule has 0 unspecified atom stereocenters. The van der Waals surface area contributed by atoms with Gasteiger partial charge >= 0.3 is 0 Å². The predicted octanol–water partition coefficient (Wildman–Crippen LogP) is 5.98. The largest absolute Gasteiger partial charge is 0.348 e. The number of amides is 1. The molecule has 0 fully saturated rings. The van der Waals surface area contributed by atoms with Gasteiger partial charge in [0.15, 0.2) is 0 Å². The molecule has 2 heteroatoms.